The van der Waals surface area contributed by atoms with Gasteiger partial charge in [0.2, 0.25) is 0 Å². The molecule has 0 spiro atoms. The van der Waals surface area contributed by atoms with Crippen molar-refractivity contribution >= 4 is 33.2 Å². The zero-order chi connectivity index (χ0) is 12.8. The van der Waals surface area contributed by atoms with E-state index >= 15 is 0 Å². The van der Waals surface area contributed by atoms with Crippen molar-refractivity contribution in [3.05, 3.63) is 27.7 Å². The molecule has 0 aromatic heterocycles. The van der Waals surface area contributed by atoms with E-state index in [0.29, 0.717) is 23.5 Å². The molecule has 2 atom stereocenters. The second-order valence-corrected chi connectivity index (χ2v) is 5.64. The van der Waals surface area contributed by atoms with Gasteiger partial charge in [0.05, 0.1) is 5.02 Å². The summed E-state index contributed by atoms with van der Waals surface area (Å²) in [6.07, 6.45) is 2.36. The summed E-state index contributed by atoms with van der Waals surface area (Å²) in [5.41, 5.74) is 6.84. The molecule has 1 rings (SSSR count). The molecule has 0 bridgehead atoms. The lowest BCUT2D eigenvalue weighted by Gasteiger charge is -2.24. The third-order valence-corrected chi connectivity index (χ3v) is 4.19. The summed E-state index contributed by atoms with van der Waals surface area (Å²) in [7, 11) is 0. The van der Waals surface area contributed by atoms with E-state index in [0.717, 1.165) is 10.2 Å². The van der Waals surface area contributed by atoms with Gasteiger partial charge in [-0.3, -0.25) is 0 Å². The Morgan fingerprint density at radius 1 is 1.47 bits per heavy atom. The first kappa shape index (κ1) is 14.8. The highest BCUT2D eigenvalue weighted by Crippen LogP contribution is 2.26. The second-order valence-electron chi connectivity index (χ2n) is 4.38. The molecule has 96 valence electrons. The van der Waals surface area contributed by atoms with Gasteiger partial charge in [-0.15, -0.1) is 0 Å². The summed E-state index contributed by atoms with van der Waals surface area (Å²) >= 11 is 9.45. The monoisotopic (exact) mass is 318 g/mol. The van der Waals surface area contributed by atoms with E-state index < -0.39 is 0 Å². The van der Waals surface area contributed by atoms with Gasteiger partial charge in [0.25, 0.3) is 0 Å². The Hall–Kier alpha value is -0.250. The van der Waals surface area contributed by atoms with E-state index in [2.05, 4.69) is 35.1 Å². The van der Waals surface area contributed by atoms with Crippen LogP contribution in [0.15, 0.2) is 22.7 Å². The third-order valence-electron chi connectivity index (χ3n) is 2.96. The Labute approximate surface area is 117 Å². The number of nitrogens with one attached hydrogen (secondary N) is 1. The highest BCUT2D eigenvalue weighted by atomic mass is 79.9. The molecule has 0 aliphatic heterocycles. The summed E-state index contributed by atoms with van der Waals surface area (Å²) in [4.78, 5) is 0. The fourth-order valence-corrected chi connectivity index (χ4v) is 2.32. The van der Waals surface area contributed by atoms with Crippen molar-refractivity contribution in [2.24, 2.45) is 11.7 Å². The smallest absolute Gasteiger partial charge is 0.0568 e. The maximum absolute atomic E-state index is 6.06. The molecule has 0 saturated heterocycles. The van der Waals surface area contributed by atoms with Gasteiger partial charge in [-0.25, -0.2) is 0 Å². The number of nitrogens with two attached hydrogens (primary N) is 1. The number of anilines is 1. The largest absolute Gasteiger partial charge is 0.381 e. The second kappa shape index (κ2) is 7.24. The van der Waals surface area contributed by atoms with Crippen molar-refractivity contribution in [2.75, 3.05) is 11.9 Å². The van der Waals surface area contributed by atoms with Crippen molar-refractivity contribution < 1.29 is 0 Å². The molecule has 0 heterocycles. The van der Waals surface area contributed by atoms with Crippen LogP contribution >= 0.6 is 27.5 Å². The predicted octanol–water partition coefficient (Wildman–Crippen LogP) is 4.28. The van der Waals surface area contributed by atoms with Gasteiger partial charge in [-0.05, 0) is 46.5 Å². The van der Waals surface area contributed by atoms with Crippen LogP contribution in [0.4, 0.5) is 5.69 Å². The average Bonchev–Trinajstić information content (AvgIpc) is 2.30. The van der Waals surface area contributed by atoms with Crippen molar-refractivity contribution in [1.29, 1.82) is 0 Å². The minimum absolute atomic E-state index is 0.298. The lowest BCUT2D eigenvalue weighted by molar-refractivity contribution is 0.450. The van der Waals surface area contributed by atoms with Gasteiger partial charge in [0.1, 0.15) is 0 Å². The van der Waals surface area contributed by atoms with Crippen molar-refractivity contribution in [3.63, 3.8) is 0 Å². The van der Waals surface area contributed by atoms with Crippen molar-refractivity contribution in [2.45, 2.75) is 32.7 Å². The molecule has 0 radical (unpaired) electrons. The molecule has 2 nitrogen and oxygen atoms in total. The highest BCUT2D eigenvalue weighted by Gasteiger charge is 2.14. The van der Waals surface area contributed by atoms with Gasteiger partial charge >= 0.3 is 0 Å². The molecular weight excluding hydrogens is 300 g/mol. The summed E-state index contributed by atoms with van der Waals surface area (Å²) < 4.78 is 0.913. The molecule has 3 N–H and O–H groups in total. The van der Waals surface area contributed by atoms with Crippen molar-refractivity contribution in [1.82, 2.24) is 0 Å². The zero-order valence-electron chi connectivity index (χ0n) is 10.3. The van der Waals surface area contributed by atoms with E-state index in [-0.39, 0.29) is 0 Å². The van der Waals surface area contributed by atoms with Gasteiger partial charge < -0.3 is 11.1 Å². The first-order chi connectivity index (χ1) is 8.08. The number of benzene rings is 1. The van der Waals surface area contributed by atoms with Crippen LogP contribution < -0.4 is 11.1 Å². The summed E-state index contributed by atoms with van der Waals surface area (Å²) in [6, 6.07) is 6.18. The maximum Gasteiger partial charge on any atom is 0.0568 e. The Balaban J connectivity index is 2.70. The van der Waals surface area contributed by atoms with E-state index in [9.17, 15) is 0 Å². The summed E-state index contributed by atoms with van der Waals surface area (Å²) in [5.74, 6) is 0.562. The quantitative estimate of drug-likeness (QED) is 0.821. The topological polar surface area (TPSA) is 38.0 Å². The van der Waals surface area contributed by atoms with Crippen LogP contribution in [0.25, 0.3) is 0 Å². The van der Waals surface area contributed by atoms with Crippen molar-refractivity contribution in [3.8, 4) is 0 Å². The van der Waals surface area contributed by atoms with Gasteiger partial charge in [0.15, 0.2) is 0 Å². The first-order valence-electron chi connectivity index (χ1n) is 6.00. The van der Waals surface area contributed by atoms with Gasteiger partial charge in [0, 0.05) is 22.7 Å². The molecule has 0 fully saturated rings. The Morgan fingerprint density at radius 2 is 2.18 bits per heavy atom. The van der Waals surface area contributed by atoms with Gasteiger partial charge in [-0.2, -0.15) is 0 Å². The van der Waals surface area contributed by atoms with Crippen LogP contribution in [-0.4, -0.2) is 12.6 Å². The predicted molar refractivity (Wildman–Crippen MR) is 79.7 cm³/mol. The number of halogens is 2. The van der Waals surface area contributed by atoms with Crippen LogP contribution in [0.3, 0.4) is 0 Å². The summed E-state index contributed by atoms with van der Waals surface area (Å²) in [6.45, 7) is 5.06. The fraction of sp³-hybridized carbons (Fsp3) is 0.538. The molecule has 17 heavy (non-hydrogen) atoms. The fourth-order valence-electron chi connectivity index (χ4n) is 1.89. The molecule has 0 aliphatic carbocycles. The number of hydrogen-bond donors (Lipinski definition) is 2. The molecule has 4 heteroatoms. The molecule has 1 aromatic rings. The molecular formula is C13H20BrClN2. The zero-order valence-corrected chi connectivity index (χ0v) is 12.7. The van der Waals surface area contributed by atoms with Crippen LogP contribution in [0.5, 0.6) is 0 Å². The average molecular weight is 320 g/mol. The van der Waals surface area contributed by atoms with E-state index in [1.807, 2.05) is 18.2 Å². The molecule has 0 aliphatic rings. The minimum atomic E-state index is 0.298. The number of hydrogen-bond acceptors (Lipinski definition) is 2. The van der Waals surface area contributed by atoms with E-state index in [1.165, 1.54) is 12.8 Å². The normalized spacial score (nSPS) is 14.4. The van der Waals surface area contributed by atoms with Crippen LogP contribution in [-0.2, 0) is 0 Å². The van der Waals surface area contributed by atoms with E-state index in [1.54, 1.807) is 0 Å². The molecule has 2 unspecified atom stereocenters. The summed E-state index contributed by atoms with van der Waals surface area (Å²) in [5, 5.41) is 4.17. The maximum atomic E-state index is 6.06. The van der Waals surface area contributed by atoms with Crippen LogP contribution in [0, 0.1) is 5.92 Å². The molecule has 1 aromatic carbocycles. The van der Waals surface area contributed by atoms with Gasteiger partial charge in [-0.1, -0.05) is 31.9 Å². The Kier molecular flexibility index (Phi) is 6.31. The lowest BCUT2D eigenvalue weighted by atomic mass is 9.96. The standard InChI is InChI=1S/C13H20BrClN2/c1-3-4-9(2)13(8-16)17-10-5-6-11(14)12(15)7-10/h5-7,9,13,17H,3-4,8,16H2,1-2H3. The van der Waals surface area contributed by atoms with Crippen LogP contribution in [0.2, 0.25) is 5.02 Å². The Morgan fingerprint density at radius 3 is 2.71 bits per heavy atom. The first-order valence-corrected chi connectivity index (χ1v) is 7.17. The Bertz CT molecular complexity index is 357. The molecule has 0 amide bonds. The highest BCUT2D eigenvalue weighted by molar-refractivity contribution is 9.10. The SMILES string of the molecule is CCCC(C)C(CN)Nc1ccc(Br)c(Cl)c1. The number of rotatable bonds is 6. The molecule has 0 saturated carbocycles. The third kappa shape index (κ3) is 4.49. The minimum Gasteiger partial charge on any atom is -0.381 e. The van der Waals surface area contributed by atoms with Crippen LogP contribution in [0.1, 0.15) is 26.7 Å². The lowest BCUT2D eigenvalue weighted by Crippen LogP contribution is -2.35. The van der Waals surface area contributed by atoms with E-state index in [4.69, 9.17) is 17.3 Å².